The topological polar surface area (TPSA) is 43.0 Å². The van der Waals surface area contributed by atoms with Crippen LogP contribution < -0.4 is 19.5 Å². The van der Waals surface area contributed by atoms with Gasteiger partial charge < -0.3 is 19.5 Å². The zero-order valence-electron chi connectivity index (χ0n) is 11.9. The summed E-state index contributed by atoms with van der Waals surface area (Å²) in [5, 5.41) is 3.23. The number of methoxy groups -OCH3 is 3. The number of nitrogens with zero attached hydrogens (tertiary/aromatic N) is 1. The summed E-state index contributed by atoms with van der Waals surface area (Å²) in [6.45, 7) is 0. The average Bonchev–Trinajstić information content (AvgIpc) is 2.38. The summed E-state index contributed by atoms with van der Waals surface area (Å²) in [4.78, 5) is 2.06. The fourth-order valence-corrected chi connectivity index (χ4v) is 1.96. The summed E-state index contributed by atoms with van der Waals surface area (Å²) in [5.74, 6) is 2.11. The second-order valence-electron chi connectivity index (χ2n) is 4.10. The molecule has 0 spiro atoms. The molecule has 1 N–H and O–H groups in total. The van der Waals surface area contributed by atoms with Crippen molar-refractivity contribution in [2.45, 2.75) is 6.17 Å². The van der Waals surface area contributed by atoms with Gasteiger partial charge in [0.1, 0.15) is 5.75 Å². The van der Waals surface area contributed by atoms with E-state index in [-0.39, 0.29) is 6.17 Å². The Hall–Kier alpha value is -1.46. The van der Waals surface area contributed by atoms with Gasteiger partial charge in [-0.3, -0.25) is 4.90 Å². The lowest BCUT2D eigenvalue weighted by Gasteiger charge is -2.26. The normalized spacial score (nSPS) is 12.4. The predicted octanol–water partition coefficient (Wildman–Crippen LogP) is 1.49. The molecule has 1 aromatic carbocycles. The summed E-state index contributed by atoms with van der Waals surface area (Å²) in [5.41, 5.74) is 1.00. The maximum absolute atomic E-state index is 5.42. The lowest BCUT2D eigenvalue weighted by atomic mass is 10.1. The molecule has 0 aliphatic heterocycles. The van der Waals surface area contributed by atoms with Gasteiger partial charge in [-0.1, -0.05) is 0 Å². The number of benzene rings is 1. The summed E-state index contributed by atoms with van der Waals surface area (Å²) in [6.07, 6.45) is 0.0414. The largest absolute Gasteiger partial charge is 0.496 e. The van der Waals surface area contributed by atoms with Crippen LogP contribution in [0.15, 0.2) is 12.1 Å². The first-order chi connectivity index (χ1) is 8.58. The lowest BCUT2D eigenvalue weighted by molar-refractivity contribution is 0.254. The molecule has 18 heavy (non-hydrogen) atoms. The zero-order valence-corrected chi connectivity index (χ0v) is 11.9. The number of nitrogens with one attached hydrogen (secondary N) is 1. The smallest absolute Gasteiger partial charge is 0.164 e. The molecular formula is C13H22N2O3. The van der Waals surface area contributed by atoms with Crippen molar-refractivity contribution in [3.05, 3.63) is 17.7 Å². The van der Waals surface area contributed by atoms with E-state index in [1.54, 1.807) is 21.3 Å². The van der Waals surface area contributed by atoms with Gasteiger partial charge in [-0.25, -0.2) is 0 Å². The quantitative estimate of drug-likeness (QED) is 0.779. The third-order valence-electron chi connectivity index (χ3n) is 2.82. The van der Waals surface area contributed by atoms with Crippen molar-refractivity contribution in [3.8, 4) is 17.2 Å². The van der Waals surface area contributed by atoms with Crippen LogP contribution in [-0.4, -0.2) is 47.4 Å². The van der Waals surface area contributed by atoms with Crippen LogP contribution in [0.2, 0.25) is 0 Å². The number of ether oxygens (including phenoxy) is 3. The van der Waals surface area contributed by atoms with E-state index >= 15 is 0 Å². The molecular weight excluding hydrogens is 232 g/mol. The molecule has 0 saturated heterocycles. The van der Waals surface area contributed by atoms with Gasteiger partial charge in [-0.2, -0.15) is 0 Å². The van der Waals surface area contributed by atoms with Gasteiger partial charge in [0.2, 0.25) is 0 Å². The second kappa shape index (κ2) is 6.47. The average molecular weight is 254 g/mol. The number of hydrogen-bond donors (Lipinski definition) is 1. The van der Waals surface area contributed by atoms with Crippen LogP contribution in [0.25, 0.3) is 0 Å². The summed E-state index contributed by atoms with van der Waals surface area (Å²) in [7, 11) is 10.8. The molecule has 1 rings (SSSR count). The van der Waals surface area contributed by atoms with Crippen LogP contribution in [0.3, 0.4) is 0 Å². The third kappa shape index (κ3) is 2.86. The molecule has 5 nitrogen and oxygen atoms in total. The van der Waals surface area contributed by atoms with Crippen molar-refractivity contribution in [3.63, 3.8) is 0 Å². The molecule has 1 atom stereocenters. The van der Waals surface area contributed by atoms with Crippen molar-refractivity contribution in [1.29, 1.82) is 0 Å². The van der Waals surface area contributed by atoms with Crippen LogP contribution in [0.5, 0.6) is 17.2 Å². The highest BCUT2D eigenvalue weighted by molar-refractivity contribution is 5.51. The Bertz CT molecular complexity index is 394. The standard InChI is InChI=1S/C13H22N2O3/c1-14-13(15(2)3)9-7-11(17-5)12(18-6)8-10(9)16-4/h7-8,13-14H,1-6H3. The van der Waals surface area contributed by atoms with Crippen molar-refractivity contribution in [2.75, 3.05) is 42.5 Å². The Morgan fingerprint density at radius 3 is 1.83 bits per heavy atom. The van der Waals surface area contributed by atoms with Crippen molar-refractivity contribution in [1.82, 2.24) is 10.2 Å². The third-order valence-corrected chi connectivity index (χ3v) is 2.82. The predicted molar refractivity (Wildman–Crippen MR) is 71.6 cm³/mol. The maximum atomic E-state index is 5.42. The minimum absolute atomic E-state index is 0.0414. The molecule has 0 aromatic heterocycles. The number of hydrogen-bond acceptors (Lipinski definition) is 5. The maximum Gasteiger partial charge on any atom is 0.164 e. The molecule has 0 amide bonds. The Kier molecular flexibility index (Phi) is 5.25. The SMILES string of the molecule is CNC(c1cc(OC)c(OC)cc1OC)N(C)C. The highest BCUT2D eigenvalue weighted by Crippen LogP contribution is 2.37. The first kappa shape index (κ1) is 14.6. The molecule has 0 aliphatic rings. The fraction of sp³-hybridized carbons (Fsp3) is 0.538. The molecule has 0 fully saturated rings. The van der Waals surface area contributed by atoms with Gasteiger partial charge in [0, 0.05) is 11.6 Å². The van der Waals surface area contributed by atoms with E-state index in [1.165, 1.54) is 0 Å². The van der Waals surface area contributed by atoms with Crippen LogP contribution in [0.1, 0.15) is 11.7 Å². The van der Waals surface area contributed by atoms with E-state index in [0.717, 1.165) is 11.3 Å². The first-order valence-electron chi connectivity index (χ1n) is 5.72. The van der Waals surface area contributed by atoms with E-state index in [2.05, 4.69) is 10.2 Å². The molecule has 5 heteroatoms. The van der Waals surface area contributed by atoms with Gasteiger partial charge in [-0.05, 0) is 27.2 Å². The van der Waals surface area contributed by atoms with Crippen molar-refractivity contribution >= 4 is 0 Å². The molecule has 102 valence electrons. The van der Waals surface area contributed by atoms with Crippen molar-refractivity contribution < 1.29 is 14.2 Å². The molecule has 0 bridgehead atoms. The van der Waals surface area contributed by atoms with Crippen LogP contribution in [0, 0.1) is 0 Å². The minimum Gasteiger partial charge on any atom is -0.496 e. The zero-order chi connectivity index (χ0) is 13.7. The summed E-state index contributed by atoms with van der Waals surface area (Å²) >= 11 is 0. The van der Waals surface area contributed by atoms with E-state index < -0.39 is 0 Å². The number of rotatable bonds is 6. The van der Waals surface area contributed by atoms with E-state index in [9.17, 15) is 0 Å². The first-order valence-corrected chi connectivity index (χ1v) is 5.72. The Labute approximate surface area is 109 Å². The van der Waals surface area contributed by atoms with E-state index in [1.807, 2.05) is 33.3 Å². The molecule has 0 saturated carbocycles. The fourth-order valence-electron chi connectivity index (χ4n) is 1.96. The molecule has 1 aromatic rings. The van der Waals surface area contributed by atoms with E-state index in [4.69, 9.17) is 14.2 Å². The molecule has 0 radical (unpaired) electrons. The second-order valence-corrected chi connectivity index (χ2v) is 4.10. The van der Waals surface area contributed by atoms with Gasteiger partial charge in [-0.15, -0.1) is 0 Å². The Morgan fingerprint density at radius 1 is 0.944 bits per heavy atom. The van der Waals surface area contributed by atoms with Gasteiger partial charge in [0.05, 0.1) is 27.5 Å². The van der Waals surface area contributed by atoms with Gasteiger partial charge in [0.15, 0.2) is 11.5 Å². The summed E-state index contributed by atoms with van der Waals surface area (Å²) < 4.78 is 16.0. The van der Waals surface area contributed by atoms with Crippen LogP contribution >= 0.6 is 0 Å². The molecule has 0 aliphatic carbocycles. The lowest BCUT2D eigenvalue weighted by Crippen LogP contribution is -2.31. The summed E-state index contributed by atoms with van der Waals surface area (Å²) in [6, 6.07) is 3.76. The van der Waals surface area contributed by atoms with Crippen LogP contribution in [-0.2, 0) is 0 Å². The molecule has 1 unspecified atom stereocenters. The van der Waals surface area contributed by atoms with Crippen molar-refractivity contribution in [2.24, 2.45) is 0 Å². The minimum atomic E-state index is 0.0414. The highest BCUT2D eigenvalue weighted by Gasteiger charge is 2.20. The van der Waals surface area contributed by atoms with Gasteiger partial charge >= 0.3 is 0 Å². The molecule has 0 heterocycles. The van der Waals surface area contributed by atoms with E-state index in [0.29, 0.717) is 11.5 Å². The highest BCUT2D eigenvalue weighted by atomic mass is 16.5. The Balaban J connectivity index is 3.32. The monoisotopic (exact) mass is 254 g/mol. The van der Waals surface area contributed by atoms with Crippen LogP contribution in [0.4, 0.5) is 0 Å². The Morgan fingerprint density at radius 2 is 1.44 bits per heavy atom. The van der Waals surface area contributed by atoms with Gasteiger partial charge in [0.25, 0.3) is 0 Å².